The van der Waals surface area contributed by atoms with Gasteiger partial charge in [0.1, 0.15) is 4.90 Å². The first-order valence-corrected chi connectivity index (χ1v) is 8.44. The number of aliphatic hydroxyl groups excluding tert-OH is 1. The lowest BCUT2D eigenvalue weighted by Crippen LogP contribution is -2.31. The molecule has 1 heterocycles. The zero-order valence-corrected chi connectivity index (χ0v) is 12.4. The molecule has 3 N–H and O–H groups in total. The quantitative estimate of drug-likeness (QED) is 0.806. The molecule has 3 unspecified atom stereocenters. The Morgan fingerprint density at radius 1 is 1.30 bits per heavy atom. The number of nitrogens with two attached hydrogens (primary N) is 1. The second-order valence-electron chi connectivity index (χ2n) is 5.58. The molecule has 0 bridgehead atoms. The fourth-order valence-corrected chi connectivity index (χ4v) is 5.32. The van der Waals surface area contributed by atoms with Crippen LogP contribution in [0.5, 0.6) is 0 Å². The highest BCUT2D eigenvalue weighted by Gasteiger charge is 2.46. The normalized spacial score (nSPS) is 30.6. The van der Waals surface area contributed by atoms with E-state index < -0.39 is 10.0 Å². The minimum Gasteiger partial charge on any atom is -0.399 e. The largest absolute Gasteiger partial charge is 0.399 e. The first kappa shape index (κ1) is 14.1. The topological polar surface area (TPSA) is 83.6 Å². The van der Waals surface area contributed by atoms with Gasteiger partial charge in [-0.1, -0.05) is 11.6 Å². The predicted molar refractivity (Wildman–Crippen MR) is 76.8 cm³/mol. The smallest absolute Gasteiger partial charge is 0.244 e. The van der Waals surface area contributed by atoms with Gasteiger partial charge in [0.2, 0.25) is 10.0 Å². The lowest BCUT2D eigenvalue weighted by Gasteiger charge is -2.19. The van der Waals surface area contributed by atoms with Crippen LogP contribution in [-0.2, 0) is 10.0 Å². The van der Waals surface area contributed by atoms with Crippen molar-refractivity contribution >= 4 is 27.3 Å². The first-order valence-electron chi connectivity index (χ1n) is 6.63. The number of hydrogen-bond donors (Lipinski definition) is 2. The predicted octanol–water partition coefficient (Wildman–Crippen LogP) is 1.31. The van der Waals surface area contributed by atoms with Gasteiger partial charge in [0.25, 0.3) is 0 Å². The average molecular weight is 317 g/mol. The van der Waals surface area contributed by atoms with Gasteiger partial charge < -0.3 is 10.8 Å². The van der Waals surface area contributed by atoms with E-state index in [9.17, 15) is 13.5 Å². The maximum atomic E-state index is 12.6. The molecule has 0 aromatic heterocycles. The summed E-state index contributed by atoms with van der Waals surface area (Å²) in [6.45, 7) is 0.833. The van der Waals surface area contributed by atoms with Crippen molar-refractivity contribution in [3.05, 3.63) is 23.2 Å². The van der Waals surface area contributed by atoms with E-state index in [0.717, 1.165) is 12.8 Å². The van der Waals surface area contributed by atoms with E-state index in [-0.39, 0.29) is 27.9 Å². The molecular formula is C13H17ClN2O3S. The summed E-state index contributed by atoms with van der Waals surface area (Å²) in [5.41, 5.74) is 6.02. The molecule has 20 heavy (non-hydrogen) atoms. The van der Waals surface area contributed by atoms with Crippen molar-refractivity contribution in [2.45, 2.75) is 23.8 Å². The molecular weight excluding hydrogens is 300 g/mol. The molecule has 0 amide bonds. The summed E-state index contributed by atoms with van der Waals surface area (Å²) in [5.74, 6) is 0.310. The second kappa shape index (κ2) is 4.87. The molecule has 1 aromatic carbocycles. The highest BCUT2D eigenvalue weighted by atomic mass is 35.5. The number of aliphatic hydroxyl groups is 1. The van der Waals surface area contributed by atoms with Crippen LogP contribution in [0.3, 0.4) is 0 Å². The van der Waals surface area contributed by atoms with Crippen LogP contribution < -0.4 is 5.73 Å². The third-order valence-corrected chi connectivity index (χ3v) is 6.67. The molecule has 2 fully saturated rings. The van der Waals surface area contributed by atoms with E-state index in [2.05, 4.69) is 0 Å². The summed E-state index contributed by atoms with van der Waals surface area (Å²) >= 11 is 6.01. The Labute approximate surface area is 123 Å². The van der Waals surface area contributed by atoms with Crippen LogP contribution in [0.4, 0.5) is 5.69 Å². The van der Waals surface area contributed by atoms with Crippen molar-refractivity contribution in [1.29, 1.82) is 0 Å². The van der Waals surface area contributed by atoms with Crippen molar-refractivity contribution in [3.63, 3.8) is 0 Å². The summed E-state index contributed by atoms with van der Waals surface area (Å²) < 4.78 is 26.7. The minimum absolute atomic E-state index is 0.0531. The van der Waals surface area contributed by atoms with Crippen LogP contribution in [0.2, 0.25) is 5.02 Å². The number of fused-ring (bicyclic) bond motifs is 1. The Hall–Kier alpha value is -0.820. The van der Waals surface area contributed by atoms with Gasteiger partial charge in [-0.3, -0.25) is 0 Å². The molecule has 1 aliphatic heterocycles. The molecule has 3 rings (SSSR count). The number of halogens is 1. The van der Waals surface area contributed by atoms with Crippen LogP contribution in [-0.4, -0.2) is 37.0 Å². The van der Waals surface area contributed by atoms with Gasteiger partial charge in [-0.05, 0) is 37.0 Å². The molecule has 1 aliphatic carbocycles. The first-order chi connectivity index (χ1) is 9.39. The summed E-state index contributed by atoms with van der Waals surface area (Å²) in [7, 11) is -3.62. The van der Waals surface area contributed by atoms with Crippen LogP contribution in [0.15, 0.2) is 23.1 Å². The molecule has 1 aromatic rings. The average Bonchev–Trinajstić information content (AvgIpc) is 2.92. The van der Waals surface area contributed by atoms with Gasteiger partial charge >= 0.3 is 0 Å². The summed E-state index contributed by atoms with van der Waals surface area (Å²) in [5, 5.41) is 10.0. The van der Waals surface area contributed by atoms with E-state index in [1.165, 1.54) is 22.5 Å². The molecule has 5 nitrogen and oxygen atoms in total. The Balaban J connectivity index is 1.90. The molecule has 3 atom stereocenters. The molecule has 2 aliphatic rings. The van der Waals surface area contributed by atoms with Gasteiger partial charge in [0.05, 0.1) is 11.1 Å². The number of nitrogen functional groups attached to an aromatic ring is 1. The van der Waals surface area contributed by atoms with Crippen LogP contribution in [0.25, 0.3) is 0 Å². The maximum absolute atomic E-state index is 12.6. The number of sulfonamides is 1. The van der Waals surface area contributed by atoms with Crippen molar-refractivity contribution in [2.24, 2.45) is 11.8 Å². The van der Waals surface area contributed by atoms with Gasteiger partial charge in [0.15, 0.2) is 0 Å². The molecule has 0 spiro atoms. The van der Waals surface area contributed by atoms with Crippen LogP contribution in [0.1, 0.15) is 12.8 Å². The fourth-order valence-electron chi connectivity index (χ4n) is 3.26. The standard InChI is InChI=1S/C13H17ClN2O3S/c14-11-5-9(15)2-4-13(11)20(18,19)16-6-8-1-3-12(17)10(8)7-16/h2,4-5,8,10,12,17H,1,3,6-7,15H2. The molecule has 7 heteroatoms. The Kier molecular flexibility index (Phi) is 3.44. The fraction of sp³-hybridized carbons (Fsp3) is 0.538. The van der Waals surface area contributed by atoms with Gasteiger partial charge in [-0.25, -0.2) is 8.42 Å². The van der Waals surface area contributed by atoms with Crippen LogP contribution in [0, 0.1) is 11.8 Å². The van der Waals surface area contributed by atoms with Crippen molar-refractivity contribution in [1.82, 2.24) is 4.31 Å². The number of anilines is 1. The summed E-state index contributed by atoms with van der Waals surface area (Å²) in [4.78, 5) is 0.0860. The molecule has 1 saturated carbocycles. The van der Waals surface area contributed by atoms with Crippen molar-refractivity contribution < 1.29 is 13.5 Å². The third kappa shape index (κ3) is 2.20. The minimum atomic E-state index is -3.62. The zero-order valence-electron chi connectivity index (χ0n) is 10.9. The highest BCUT2D eigenvalue weighted by molar-refractivity contribution is 7.89. The Morgan fingerprint density at radius 2 is 2.05 bits per heavy atom. The van der Waals surface area contributed by atoms with E-state index in [4.69, 9.17) is 17.3 Å². The van der Waals surface area contributed by atoms with E-state index in [1.807, 2.05) is 0 Å². The van der Waals surface area contributed by atoms with Crippen molar-refractivity contribution in [3.8, 4) is 0 Å². The van der Waals surface area contributed by atoms with E-state index >= 15 is 0 Å². The summed E-state index contributed by atoms with van der Waals surface area (Å²) in [6, 6.07) is 4.42. The van der Waals surface area contributed by atoms with Gasteiger partial charge in [-0.15, -0.1) is 0 Å². The number of hydrogen-bond acceptors (Lipinski definition) is 4. The lowest BCUT2D eigenvalue weighted by atomic mass is 10.00. The van der Waals surface area contributed by atoms with Crippen LogP contribution >= 0.6 is 11.6 Å². The highest BCUT2D eigenvalue weighted by Crippen LogP contribution is 2.40. The summed E-state index contributed by atoms with van der Waals surface area (Å²) in [6.07, 6.45) is 1.27. The zero-order chi connectivity index (χ0) is 14.5. The lowest BCUT2D eigenvalue weighted by molar-refractivity contribution is 0.129. The van der Waals surface area contributed by atoms with Crippen molar-refractivity contribution in [2.75, 3.05) is 18.8 Å². The number of benzene rings is 1. The SMILES string of the molecule is Nc1ccc(S(=O)(=O)N2CC3CCC(O)C3C2)c(Cl)c1. The molecule has 0 radical (unpaired) electrons. The Morgan fingerprint density at radius 3 is 2.70 bits per heavy atom. The van der Waals surface area contributed by atoms with E-state index in [1.54, 1.807) is 0 Å². The van der Waals surface area contributed by atoms with Gasteiger partial charge in [0, 0.05) is 24.7 Å². The van der Waals surface area contributed by atoms with E-state index in [0.29, 0.717) is 18.8 Å². The second-order valence-corrected chi connectivity index (χ2v) is 7.89. The molecule has 1 saturated heterocycles. The monoisotopic (exact) mass is 316 g/mol. The maximum Gasteiger partial charge on any atom is 0.244 e. The number of nitrogens with zero attached hydrogens (tertiary/aromatic N) is 1. The van der Waals surface area contributed by atoms with Gasteiger partial charge in [-0.2, -0.15) is 4.31 Å². The third-order valence-electron chi connectivity index (χ3n) is 4.36. The Bertz CT molecular complexity index is 635. The molecule has 110 valence electrons. The number of rotatable bonds is 2.